The number of carbonyl (C=O) groups is 2. The van der Waals surface area contributed by atoms with Crippen LogP contribution in [-0.4, -0.2) is 44.0 Å². The van der Waals surface area contributed by atoms with Crippen molar-refractivity contribution in [2.45, 2.75) is 56.8 Å². The topological polar surface area (TPSA) is 151 Å². The molecule has 0 saturated carbocycles. The maximum Gasteiger partial charge on any atom is 0.324 e. The van der Waals surface area contributed by atoms with Crippen LogP contribution in [0.15, 0.2) is 53.4 Å². The first-order valence-corrected chi connectivity index (χ1v) is 12.1. The van der Waals surface area contributed by atoms with Crippen LogP contribution in [0.4, 0.5) is 5.69 Å². The Morgan fingerprint density at radius 1 is 1.11 bits per heavy atom. The van der Waals surface area contributed by atoms with Crippen molar-refractivity contribution in [3.05, 3.63) is 64.2 Å². The largest absolute Gasteiger partial charge is 0.489 e. The van der Waals surface area contributed by atoms with Gasteiger partial charge >= 0.3 is 11.9 Å². The highest BCUT2D eigenvalue weighted by atomic mass is 32.2. The lowest BCUT2D eigenvalue weighted by molar-refractivity contribution is -0.387. The van der Waals surface area contributed by atoms with Gasteiger partial charge in [0.1, 0.15) is 24.0 Å². The molecular weight excluding hydrogens is 480 g/mol. The molecule has 2 aromatic rings. The molecule has 0 fully saturated rings. The Hall–Kier alpha value is -3.51. The number of esters is 2. The summed E-state index contributed by atoms with van der Waals surface area (Å²) in [6.07, 6.45) is -0.551. The molecule has 0 bridgehead atoms. The van der Waals surface area contributed by atoms with Gasteiger partial charge in [0.15, 0.2) is 4.90 Å². The fourth-order valence-corrected chi connectivity index (χ4v) is 4.28. The molecule has 12 heteroatoms. The standard InChI is InChI=1S/C23H28N2O9S/c1-23(2,3)34-22(27)18(11-13-21(26)32-4)24-35(30,31)20-12-10-17(14-19(20)25(28)29)33-15-16-8-6-5-7-9-16/h5-10,12,14,18,24H,11,13,15H2,1-4H3/t18-/m1/s1. The van der Waals surface area contributed by atoms with Gasteiger partial charge in [0, 0.05) is 6.42 Å². The zero-order chi connectivity index (χ0) is 26.2. The van der Waals surface area contributed by atoms with Gasteiger partial charge in [0.25, 0.3) is 5.69 Å². The van der Waals surface area contributed by atoms with Crippen molar-refractivity contribution < 1.29 is 37.1 Å². The summed E-state index contributed by atoms with van der Waals surface area (Å²) in [6, 6.07) is 10.9. The lowest BCUT2D eigenvalue weighted by Gasteiger charge is -2.24. The van der Waals surface area contributed by atoms with Gasteiger partial charge in [-0.3, -0.25) is 19.7 Å². The quantitative estimate of drug-likeness (QED) is 0.274. The Balaban J connectivity index is 2.31. The van der Waals surface area contributed by atoms with Crippen molar-refractivity contribution >= 4 is 27.6 Å². The van der Waals surface area contributed by atoms with Crippen LogP contribution in [0.25, 0.3) is 0 Å². The minimum atomic E-state index is -4.57. The molecule has 35 heavy (non-hydrogen) atoms. The minimum Gasteiger partial charge on any atom is -0.489 e. The van der Waals surface area contributed by atoms with Crippen molar-refractivity contribution in [1.29, 1.82) is 0 Å². The summed E-state index contributed by atoms with van der Waals surface area (Å²) in [5, 5.41) is 11.7. The van der Waals surface area contributed by atoms with Crippen LogP contribution in [-0.2, 0) is 35.7 Å². The van der Waals surface area contributed by atoms with Gasteiger partial charge in [-0.1, -0.05) is 30.3 Å². The van der Waals surface area contributed by atoms with Gasteiger partial charge in [0.2, 0.25) is 10.0 Å². The maximum absolute atomic E-state index is 13.1. The molecule has 11 nitrogen and oxygen atoms in total. The number of benzene rings is 2. The number of sulfonamides is 1. The number of hydrogen-bond acceptors (Lipinski definition) is 9. The van der Waals surface area contributed by atoms with E-state index in [0.29, 0.717) is 0 Å². The van der Waals surface area contributed by atoms with E-state index >= 15 is 0 Å². The van der Waals surface area contributed by atoms with Crippen molar-refractivity contribution in [1.82, 2.24) is 4.72 Å². The van der Waals surface area contributed by atoms with Gasteiger partial charge in [-0.05, 0) is 44.9 Å². The normalized spacial score (nSPS) is 12.5. The predicted octanol–water partition coefficient (Wildman–Crippen LogP) is 3.12. The van der Waals surface area contributed by atoms with Crippen molar-refractivity contribution in [2.24, 2.45) is 0 Å². The van der Waals surface area contributed by atoms with Crippen LogP contribution in [0.2, 0.25) is 0 Å². The SMILES string of the molecule is COC(=O)CC[C@@H](NS(=O)(=O)c1ccc(OCc2ccccc2)cc1[N+](=O)[O-])C(=O)OC(C)(C)C. The summed E-state index contributed by atoms with van der Waals surface area (Å²) in [7, 11) is -3.42. The molecule has 0 aliphatic rings. The Labute approximate surface area is 203 Å². The number of hydrogen-bond donors (Lipinski definition) is 1. The molecule has 1 atom stereocenters. The third-order valence-electron chi connectivity index (χ3n) is 4.52. The average Bonchev–Trinajstić information content (AvgIpc) is 2.79. The Morgan fingerprint density at radius 3 is 2.34 bits per heavy atom. The first-order chi connectivity index (χ1) is 16.3. The fraction of sp³-hybridized carbons (Fsp3) is 0.391. The van der Waals surface area contributed by atoms with E-state index < -0.39 is 49.1 Å². The van der Waals surface area contributed by atoms with E-state index in [1.54, 1.807) is 20.8 Å². The first kappa shape index (κ1) is 27.7. The highest BCUT2D eigenvalue weighted by Crippen LogP contribution is 2.29. The van der Waals surface area contributed by atoms with E-state index in [2.05, 4.69) is 9.46 Å². The fourth-order valence-electron chi connectivity index (χ4n) is 2.91. The van der Waals surface area contributed by atoms with Gasteiger partial charge in [0.05, 0.1) is 18.1 Å². The molecule has 0 spiro atoms. The van der Waals surface area contributed by atoms with Crippen molar-refractivity contribution in [3.8, 4) is 5.75 Å². The number of nitrogens with zero attached hydrogens (tertiary/aromatic N) is 1. The van der Waals surface area contributed by atoms with Crippen LogP contribution in [0, 0.1) is 10.1 Å². The second-order valence-corrected chi connectivity index (χ2v) is 10.2. The van der Waals surface area contributed by atoms with Crippen LogP contribution in [0.5, 0.6) is 5.75 Å². The summed E-state index contributed by atoms with van der Waals surface area (Å²) in [5.41, 5.74) is -0.853. The molecule has 0 amide bonds. The number of methoxy groups -OCH3 is 1. The lowest BCUT2D eigenvalue weighted by atomic mass is 10.1. The van der Waals surface area contributed by atoms with Gasteiger partial charge in [-0.15, -0.1) is 0 Å². The van der Waals surface area contributed by atoms with Gasteiger partial charge < -0.3 is 14.2 Å². The molecule has 2 aromatic carbocycles. The first-order valence-electron chi connectivity index (χ1n) is 10.6. The number of nitro groups is 1. The Kier molecular flexibility index (Phi) is 9.32. The second-order valence-electron chi connectivity index (χ2n) is 8.48. The Bertz CT molecular complexity index is 1160. The molecular formula is C23H28N2O9S. The Morgan fingerprint density at radius 2 is 1.77 bits per heavy atom. The zero-order valence-corrected chi connectivity index (χ0v) is 20.7. The maximum atomic E-state index is 13.1. The number of nitrogens with one attached hydrogen (secondary N) is 1. The monoisotopic (exact) mass is 508 g/mol. The average molecular weight is 509 g/mol. The molecule has 0 saturated heterocycles. The van der Waals surface area contributed by atoms with Crippen LogP contribution < -0.4 is 9.46 Å². The molecule has 0 unspecified atom stereocenters. The van der Waals surface area contributed by atoms with Crippen LogP contribution in [0.1, 0.15) is 39.2 Å². The molecule has 0 aliphatic heterocycles. The molecule has 1 N–H and O–H groups in total. The van der Waals surface area contributed by atoms with Crippen molar-refractivity contribution in [3.63, 3.8) is 0 Å². The highest BCUT2D eigenvalue weighted by Gasteiger charge is 2.34. The second kappa shape index (κ2) is 11.8. The summed E-state index contributed by atoms with van der Waals surface area (Å²) in [4.78, 5) is 34.3. The summed E-state index contributed by atoms with van der Waals surface area (Å²) in [6.45, 7) is 4.90. The number of nitro benzene ring substituents is 1. The number of rotatable bonds is 11. The lowest BCUT2D eigenvalue weighted by Crippen LogP contribution is -2.44. The van der Waals surface area contributed by atoms with Gasteiger partial charge in [-0.25, -0.2) is 8.42 Å². The number of ether oxygens (including phenoxy) is 3. The minimum absolute atomic E-state index is 0.0916. The highest BCUT2D eigenvalue weighted by molar-refractivity contribution is 7.89. The molecule has 0 heterocycles. The van der Waals surface area contributed by atoms with E-state index in [9.17, 15) is 28.1 Å². The number of carbonyl (C=O) groups excluding carboxylic acids is 2. The van der Waals surface area contributed by atoms with Crippen molar-refractivity contribution in [2.75, 3.05) is 7.11 Å². The predicted molar refractivity (Wildman–Crippen MR) is 125 cm³/mol. The molecule has 2 rings (SSSR count). The van der Waals surface area contributed by atoms with Crippen LogP contribution in [0.3, 0.4) is 0 Å². The summed E-state index contributed by atoms with van der Waals surface area (Å²) in [5.74, 6) is -1.51. The third kappa shape index (κ3) is 8.65. The molecule has 190 valence electrons. The smallest absolute Gasteiger partial charge is 0.324 e. The van der Waals surface area contributed by atoms with E-state index in [1.165, 1.54) is 6.07 Å². The zero-order valence-electron chi connectivity index (χ0n) is 19.8. The van der Waals surface area contributed by atoms with E-state index in [-0.39, 0.29) is 25.2 Å². The van der Waals surface area contributed by atoms with Crippen LogP contribution >= 0.6 is 0 Å². The molecule has 0 aromatic heterocycles. The summed E-state index contributed by atoms with van der Waals surface area (Å²) < 4.78 is 43.6. The van der Waals surface area contributed by atoms with E-state index in [4.69, 9.17) is 9.47 Å². The molecule has 0 aliphatic carbocycles. The molecule has 0 radical (unpaired) electrons. The summed E-state index contributed by atoms with van der Waals surface area (Å²) >= 11 is 0. The van der Waals surface area contributed by atoms with E-state index in [0.717, 1.165) is 24.8 Å². The van der Waals surface area contributed by atoms with E-state index in [1.807, 2.05) is 30.3 Å². The van der Waals surface area contributed by atoms with Gasteiger partial charge in [-0.2, -0.15) is 4.72 Å². The third-order valence-corrected chi connectivity index (χ3v) is 6.04.